The van der Waals surface area contributed by atoms with Crippen LogP contribution in [0.25, 0.3) is 33.7 Å². The Morgan fingerprint density at radius 2 is 0.833 bits per heavy atom. The Labute approximate surface area is 357 Å². The molecule has 6 aromatic rings. The third-order valence-electron chi connectivity index (χ3n) is 14.1. The van der Waals surface area contributed by atoms with Crippen LogP contribution < -0.4 is 9.80 Å². The number of nitrogens with zero attached hydrogens (tertiary/aromatic N) is 4. The van der Waals surface area contributed by atoms with Gasteiger partial charge in [-0.1, -0.05) is 72.8 Å². The number of hydrogen-bond donors (Lipinski definition) is 0. The van der Waals surface area contributed by atoms with E-state index in [0.717, 1.165) is 25.9 Å². The van der Waals surface area contributed by atoms with E-state index in [1.165, 1.54) is 130 Å². The monoisotopic (exact) mass is 788 g/mol. The highest BCUT2D eigenvalue weighted by atomic mass is 15.1. The van der Waals surface area contributed by atoms with Gasteiger partial charge in [-0.05, 0) is 135 Å². The highest BCUT2D eigenvalue weighted by Crippen LogP contribution is 2.46. The Hall–Kier alpha value is -5.74. The summed E-state index contributed by atoms with van der Waals surface area (Å²) < 4.78 is 5.28. The van der Waals surface area contributed by atoms with Crippen molar-refractivity contribution in [1.29, 1.82) is 0 Å². The fourth-order valence-corrected chi connectivity index (χ4v) is 11.0. The van der Waals surface area contributed by atoms with Crippen LogP contribution in [0.15, 0.2) is 133 Å². The van der Waals surface area contributed by atoms with E-state index in [4.69, 9.17) is 0 Å². The number of anilines is 2. The molecule has 0 bridgehead atoms. The lowest BCUT2D eigenvalue weighted by Crippen LogP contribution is -2.29. The minimum atomic E-state index is -0.139. The van der Waals surface area contributed by atoms with Crippen molar-refractivity contribution >= 4 is 67.9 Å². The van der Waals surface area contributed by atoms with Crippen LogP contribution in [-0.2, 0) is 10.8 Å². The van der Waals surface area contributed by atoms with Crippen molar-refractivity contribution in [2.24, 2.45) is 0 Å². The molecule has 6 aromatic carbocycles. The fourth-order valence-electron chi connectivity index (χ4n) is 11.0. The molecule has 0 unspecified atom stereocenters. The molecule has 0 saturated carbocycles. The summed E-state index contributed by atoms with van der Waals surface area (Å²) in [6.07, 6.45) is 16.9. The van der Waals surface area contributed by atoms with E-state index in [0.29, 0.717) is 0 Å². The molecular formula is C56H60N4+2. The van der Waals surface area contributed by atoms with Crippen LogP contribution >= 0.6 is 0 Å². The molecule has 0 aliphatic carbocycles. The summed E-state index contributed by atoms with van der Waals surface area (Å²) in [4.78, 5) is 5.03. The first-order chi connectivity index (χ1) is 29.3. The number of benzene rings is 6. The standard InChI is InChI=1S/C56H60N4/c1-55(2)51(33-23-41-19-27-45(28-20-41)57-35-9-10-36-57)59(49-31-25-43-15-5-7-17-47(43)53(49)55)39-13-14-40-60-50-32-26-44-16-6-8-18-48(44)54(50)56(3,4)52(60)34-24-42-21-29-46(30-22-42)58-37-11-12-38-58/h5-8,15-34H,9-14,35-40H2,1-4H3/q+2. The van der Waals surface area contributed by atoms with Gasteiger partial charge < -0.3 is 9.80 Å². The second-order valence-electron chi connectivity index (χ2n) is 18.6. The van der Waals surface area contributed by atoms with Crippen molar-refractivity contribution in [2.45, 2.75) is 77.0 Å². The number of unbranched alkanes of at least 4 members (excludes halogenated alkanes) is 1. The van der Waals surface area contributed by atoms with Gasteiger partial charge in [0.1, 0.15) is 13.1 Å². The van der Waals surface area contributed by atoms with Gasteiger partial charge in [0.15, 0.2) is 11.4 Å². The zero-order chi connectivity index (χ0) is 40.8. The maximum atomic E-state index is 2.64. The molecule has 4 aliphatic rings. The van der Waals surface area contributed by atoms with E-state index in [1.54, 1.807) is 0 Å². The van der Waals surface area contributed by atoms with Gasteiger partial charge in [-0.25, -0.2) is 0 Å². The molecule has 10 rings (SSSR count). The lowest BCUT2D eigenvalue weighted by Gasteiger charge is -2.18. The van der Waals surface area contributed by atoms with Gasteiger partial charge in [0, 0.05) is 85.8 Å². The second-order valence-corrected chi connectivity index (χ2v) is 18.6. The zero-order valence-electron chi connectivity index (χ0n) is 36.1. The van der Waals surface area contributed by atoms with Crippen molar-refractivity contribution in [3.8, 4) is 0 Å². The Bertz CT molecular complexity index is 2510. The van der Waals surface area contributed by atoms with Gasteiger partial charge in [0.25, 0.3) is 0 Å². The molecule has 2 saturated heterocycles. The molecule has 2 fully saturated rings. The molecule has 0 N–H and O–H groups in total. The van der Waals surface area contributed by atoms with Crippen molar-refractivity contribution in [3.63, 3.8) is 0 Å². The Balaban J connectivity index is 0.959. The quantitative estimate of drug-likeness (QED) is 0.0958. The summed E-state index contributed by atoms with van der Waals surface area (Å²) in [5, 5.41) is 5.36. The predicted octanol–water partition coefficient (Wildman–Crippen LogP) is 12.9. The van der Waals surface area contributed by atoms with Crippen LogP contribution in [0.3, 0.4) is 0 Å². The number of rotatable bonds is 11. The summed E-state index contributed by atoms with van der Waals surface area (Å²) >= 11 is 0. The molecule has 0 spiro atoms. The van der Waals surface area contributed by atoms with Crippen LogP contribution in [0.2, 0.25) is 0 Å². The molecule has 0 radical (unpaired) electrons. The highest BCUT2D eigenvalue weighted by molar-refractivity contribution is 6.10. The summed E-state index contributed by atoms with van der Waals surface area (Å²) in [5.41, 5.74) is 13.3. The molecule has 0 atom stereocenters. The van der Waals surface area contributed by atoms with Crippen LogP contribution in [0.5, 0.6) is 0 Å². The lowest BCUT2D eigenvalue weighted by molar-refractivity contribution is -0.451. The molecule has 60 heavy (non-hydrogen) atoms. The molecule has 4 nitrogen and oxygen atoms in total. The van der Waals surface area contributed by atoms with Gasteiger partial charge >= 0.3 is 0 Å². The minimum Gasteiger partial charge on any atom is -0.372 e. The largest absolute Gasteiger partial charge is 0.372 e. The first-order valence-electron chi connectivity index (χ1n) is 22.7. The number of hydrogen-bond acceptors (Lipinski definition) is 2. The average molecular weight is 789 g/mol. The zero-order valence-corrected chi connectivity index (χ0v) is 36.1. The topological polar surface area (TPSA) is 12.5 Å². The molecule has 4 aliphatic heterocycles. The molecule has 4 heteroatoms. The van der Waals surface area contributed by atoms with Gasteiger partial charge in [-0.15, -0.1) is 0 Å². The minimum absolute atomic E-state index is 0.139. The Morgan fingerprint density at radius 1 is 0.450 bits per heavy atom. The van der Waals surface area contributed by atoms with E-state index in [1.807, 2.05) is 0 Å². The van der Waals surface area contributed by atoms with Crippen LogP contribution in [0.4, 0.5) is 22.7 Å². The number of fused-ring (bicyclic) bond motifs is 6. The van der Waals surface area contributed by atoms with E-state index < -0.39 is 0 Å². The summed E-state index contributed by atoms with van der Waals surface area (Å²) in [6.45, 7) is 16.3. The fraction of sp³-hybridized carbons (Fsp3) is 0.321. The Morgan fingerprint density at radius 3 is 1.23 bits per heavy atom. The molecule has 4 heterocycles. The number of allylic oxidation sites excluding steroid dienone is 2. The van der Waals surface area contributed by atoms with Crippen molar-refractivity contribution in [3.05, 3.63) is 156 Å². The summed E-state index contributed by atoms with van der Waals surface area (Å²) in [5.74, 6) is 0. The van der Waals surface area contributed by atoms with E-state index >= 15 is 0 Å². The maximum absolute atomic E-state index is 2.64. The molecule has 0 aromatic heterocycles. The van der Waals surface area contributed by atoms with Crippen LogP contribution in [0.1, 0.15) is 88.5 Å². The van der Waals surface area contributed by atoms with E-state index in [2.05, 4.69) is 192 Å². The van der Waals surface area contributed by atoms with E-state index in [-0.39, 0.29) is 10.8 Å². The van der Waals surface area contributed by atoms with E-state index in [9.17, 15) is 0 Å². The lowest BCUT2D eigenvalue weighted by atomic mass is 9.79. The van der Waals surface area contributed by atoms with Gasteiger partial charge in [0.05, 0.1) is 10.8 Å². The summed E-state index contributed by atoms with van der Waals surface area (Å²) in [6, 6.07) is 45.7. The van der Waals surface area contributed by atoms with Crippen molar-refractivity contribution in [1.82, 2.24) is 0 Å². The summed E-state index contributed by atoms with van der Waals surface area (Å²) in [7, 11) is 0. The predicted molar refractivity (Wildman–Crippen MR) is 257 cm³/mol. The third kappa shape index (κ3) is 6.88. The first-order valence-corrected chi connectivity index (χ1v) is 22.7. The Kier molecular flexibility index (Phi) is 10.1. The average Bonchev–Trinajstić information content (AvgIpc) is 4.08. The molecule has 302 valence electrons. The van der Waals surface area contributed by atoms with Crippen molar-refractivity contribution < 1.29 is 9.15 Å². The SMILES string of the molecule is CC1(C)C(/C=C/c2ccc(N3CCCC3)cc2)=[N+](CCCC[N+]2=C(/C=C/c3ccc(N4CCCC4)cc3)C(C)(C)c3c2ccc2ccccc32)c2ccc3ccccc3c21. The third-order valence-corrected chi connectivity index (χ3v) is 14.1. The van der Waals surface area contributed by atoms with Gasteiger partial charge in [-0.3, -0.25) is 0 Å². The normalized spacial score (nSPS) is 18.3. The van der Waals surface area contributed by atoms with Gasteiger partial charge in [0.2, 0.25) is 11.4 Å². The molecular weight excluding hydrogens is 729 g/mol. The first kappa shape index (κ1) is 38.5. The van der Waals surface area contributed by atoms with Crippen LogP contribution in [0, 0.1) is 0 Å². The highest BCUT2D eigenvalue weighted by Gasteiger charge is 2.47. The van der Waals surface area contributed by atoms with Gasteiger partial charge in [-0.2, -0.15) is 9.15 Å². The molecule has 0 amide bonds. The van der Waals surface area contributed by atoms with Crippen molar-refractivity contribution in [2.75, 3.05) is 49.1 Å². The maximum Gasteiger partial charge on any atom is 0.210 e. The smallest absolute Gasteiger partial charge is 0.210 e. The second kappa shape index (κ2) is 15.7. The van der Waals surface area contributed by atoms with Crippen LogP contribution in [-0.4, -0.2) is 59.8 Å².